The molecule has 2 heteroatoms. The van der Waals surface area contributed by atoms with E-state index in [-0.39, 0.29) is 5.91 Å². The third-order valence-corrected chi connectivity index (χ3v) is 2.19. The topological polar surface area (TPSA) is 20.3 Å². The number of carbonyl (C=O) groups is 1. The third kappa shape index (κ3) is 1.35. The van der Waals surface area contributed by atoms with Gasteiger partial charge in [-0.1, -0.05) is 18.7 Å². The number of nitrogens with zero attached hydrogens (tertiary/aromatic N) is 1. The number of carbonyl (C=O) groups excluding carboxylic acids is 1. The zero-order chi connectivity index (χ0) is 10.1. The summed E-state index contributed by atoms with van der Waals surface area (Å²) in [5, 5.41) is 0. The summed E-state index contributed by atoms with van der Waals surface area (Å²) in [6, 6.07) is 7.81. The summed E-state index contributed by atoms with van der Waals surface area (Å²) in [5.74, 6) is -0.0272. The van der Waals surface area contributed by atoms with Crippen molar-refractivity contribution in [1.82, 2.24) is 0 Å². The first-order valence-corrected chi connectivity index (χ1v) is 4.46. The molecule has 0 bridgehead atoms. The van der Waals surface area contributed by atoms with E-state index in [0.29, 0.717) is 0 Å². The zero-order valence-corrected chi connectivity index (χ0v) is 8.03. The molecule has 0 aromatic heterocycles. The Kier molecular flexibility index (Phi) is 1.97. The molecule has 14 heavy (non-hydrogen) atoms. The van der Waals surface area contributed by atoms with E-state index in [1.54, 1.807) is 11.0 Å². The van der Waals surface area contributed by atoms with Crippen LogP contribution in [0.25, 0.3) is 0 Å². The third-order valence-electron chi connectivity index (χ3n) is 2.19. The molecule has 0 unspecified atom stereocenters. The first-order valence-electron chi connectivity index (χ1n) is 4.46. The van der Waals surface area contributed by atoms with Gasteiger partial charge in [0, 0.05) is 17.5 Å². The second-order valence-electron chi connectivity index (χ2n) is 3.34. The predicted octanol–water partition coefficient (Wildman–Crippen LogP) is 2.41. The van der Waals surface area contributed by atoms with Gasteiger partial charge >= 0.3 is 0 Å². The summed E-state index contributed by atoms with van der Waals surface area (Å²) in [4.78, 5) is 13.1. The number of allylic oxidation sites excluding steroid dienone is 1. The fraction of sp³-hybridized carbons (Fsp3) is 0.0833. The molecule has 0 atom stereocenters. The molecule has 1 aliphatic rings. The first kappa shape index (κ1) is 8.75. The van der Waals surface area contributed by atoms with Crippen molar-refractivity contribution in [2.45, 2.75) is 6.92 Å². The van der Waals surface area contributed by atoms with Gasteiger partial charge < -0.3 is 0 Å². The molecule has 0 aliphatic carbocycles. The van der Waals surface area contributed by atoms with Crippen molar-refractivity contribution in [2.75, 3.05) is 4.90 Å². The number of anilines is 1. The van der Waals surface area contributed by atoms with Crippen molar-refractivity contribution in [3.05, 3.63) is 54.3 Å². The molecular weight excluding hydrogens is 174 g/mol. The summed E-state index contributed by atoms with van der Waals surface area (Å²) >= 11 is 0. The summed E-state index contributed by atoms with van der Waals surface area (Å²) in [5.41, 5.74) is 2.74. The van der Waals surface area contributed by atoms with Crippen LogP contribution < -0.4 is 4.90 Å². The second-order valence-corrected chi connectivity index (χ2v) is 3.34. The normalized spacial score (nSPS) is 15.4. The maximum atomic E-state index is 11.5. The van der Waals surface area contributed by atoms with Gasteiger partial charge in [-0.2, -0.15) is 0 Å². The minimum atomic E-state index is -0.0272. The SMILES string of the molecule is C=C1C=CC(=O)N1c1cccc(C)c1. The van der Waals surface area contributed by atoms with Crippen LogP contribution in [-0.4, -0.2) is 5.91 Å². The Morgan fingerprint density at radius 3 is 2.64 bits per heavy atom. The second kappa shape index (κ2) is 3.14. The molecule has 2 rings (SSSR count). The van der Waals surface area contributed by atoms with Crippen molar-refractivity contribution in [3.63, 3.8) is 0 Å². The lowest BCUT2D eigenvalue weighted by Gasteiger charge is -2.17. The highest BCUT2D eigenvalue weighted by Gasteiger charge is 2.19. The number of hydrogen-bond acceptors (Lipinski definition) is 1. The molecule has 70 valence electrons. The number of rotatable bonds is 1. The van der Waals surface area contributed by atoms with Gasteiger partial charge in [0.05, 0.1) is 0 Å². The van der Waals surface area contributed by atoms with Gasteiger partial charge in [-0.15, -0.1) is 0 Å². The number of hydrogen-bond donors (Lipinski definition) is 0. The molecule has 2 nitrogen and oxygen atoms in total. The first-order chi connectivity index (χ1) is 6.68. The van der Waals surface area contributed by atoms with E-state index in [1.165, 1.54) is 6.08 Å². The fourth-order valence-corrected chi connectivity index (χ4v) is 1.52. The summed E-state index contributed by atoms with van der Waals surface area (Å²) in [6.07, 6.45) is 3.26. The summed E-state index contributed by atoms with van der Waals surface area (Å²) in [6.45, 7) is 5.81. The van der Waals surface area contributed by atoms with E-state index >= 15 is 0 Å². The van der Waals surface area contributed by atoms with Crippen LogP contribution in [0.3, 0.4) is 0 Å². The highest BCUT2D eigenvalue weighted by atomic mass is 16.2. The lowest BCUT2D eigenvalue weighted by Crippen LogP contribution is -2.22. The van der Waals surface area contributed by atoms with E-state index in [1.807, 2.05) is 31.2 Å². The maximum Gasteiger partial charge on any atom is 0.255 e. The molecule has 0 saturated heterocycles. The Bertz CT molecular complexity index is 414. The number of amides is 1. The Morgan fingerprint density at radius 1 is 1.29 bits per heavy atom. The molecule has 1 heterocycles. The van der Waals surface area contributed by atoms with Gasteiger partial charge in [0.15, 0.2) is 0 Å². The largest absolute Gasteiger partial charge is 0.278 e. The molecule has 1 aromatic carbocycles. The van der Waals surface area contributed by atoms with E-state index in [4.69, 9.17) is 0 Å². The highest BCUT2D eigenvalue weighted by Crippen LogP contribution is 2.24. The Morgan fingerprint density at radius 2 is 2.07 bits per heavy atom. The molecule has 0 radical (unpaired) electrons. The van der Waals surface area contributed by atoms with Crippen LogP contribution in [0.15, 0.2) is 48.7 Å². The van der Waals surface area contributed by atoms with Crippen molar-refractivity contribution in [1.29, 1.82) is 0 Å². The molecule has 1 aliphatic heterocycles. The standard InChI is InChI=1S/C12H11NO/c1-9-4-3-5-11(8-9)13-10(2)6-7-12(13)14/h3-8H,2H2,1H3. The van der Waals surface area contributed by atoms with E-state index < -0.39 is 0 Å². The van der Waals surface area contributed by atoms with Crippen LogP contribution in [0.2, 0.25) is 0 Å². The van der Waals surface area contributed by atoms with E-state index in [0.717, 1.165) is 16.9 Å². The highest BCUT2D eigenvalue weighted by molar-refractivity contribution is 6.07. The van der Waals surface area contributed by atoms with Gasteiger partial charge in [-0.05, 0) is 30.7 Å². The van der Waals surface area contributed by atoms with Gasteiger partial charge in [0.2, 0.25) is 0 Å². The van der Waals surface area contributed by atoms with Gasteiger partial charge in [0.1, 0.15) is 0 Å². The smallest absolute Gasteiger partial charge is 0.255 e. The van der Waals surface area contributed by atoms with Gasteiger partial charge in [-0.25, -0.2) is 0 Å². The minimum absolute atomic E-state index is 0.0272. The lowest BCUT2D eigenvalue weighted by molar-refractivity contribution is -0.113. The molecule has 1 amide bonds. The maximum absolute atomic E-state index is 11.5. The molecule has 1 aromatic rings. The van der Waals surface area contributed by atoms with Crippen LogP contribution in [0, 0.1) is 6.92 Å². The fourth-order valence-electron chi connectivity index (χ4n) is 1.52. The molecule has 0 fully saturated rings. The Balaban J connectivity index is 2.41. The molecule has 0 saturated carbocycles. The average Bonchev–Trinajstić information content (AvgIpc) is 2.46. The van der Waals surface area contributed by atoms with Crippen LogP contribution in [0.5, 0.6) is 0 Å². The average molecular weight is 185 g/mol. The van der Waals surface area contributed by atoms with E-state index in [2.05, 4.69) is 6.58 Å². The van der Waals surface area contributed by atoms with Crippen LogP contribution in [0.4, 0.5) is 5.69 Å². The monoisotopic (exact) mass is 185 g/mol. The van der Waals surface area contributed by atoms with Crippen molar-refractivity contribution in [3.8, 4) is 0 Å². The molecule has 0 spiro atoms. The van der Waals surface area contributed by atoms with Crippen molar-refractivity contribution in [2.24, 2.45) is 0 Å². The van der Waals surface area contributed by atoms with Gasteiger partial charge in [-0.3, -0.25) is 9.69 Å². The lowest BCUT2D eigenvalue weighted by atomic mass is 10.2. The Hall–Kier alpha value is -1.83. The van der Waals surface area contributed by atoms with Crippen LogP contribution in [-0.2, 0) is 4.79 Å². The predicted molar refractivity (Wildman–Crippen MR) is 56.9 cm³/mol. The van der Waals surface area contributed by atoms with Crippen molar-refractivity contribution < 1.29 is 4.79 Å². The van der Waals surface area contributed by atoms with Gasteiger partial charge in [0.25, 0.3) is 5.91 Å². The quantitative estimate of drug-likeness (QED) is 0.658. The summed E-state index contributed by atoms with van der Waals surface area (Å²) < 4.78 is 0. The zero-order valence-electron chi connectivity index (χ0n) is 8.03. The molecule has 0 N–H and O–H groups in total. The van der Waals surface area contributed by atoms with Crippen LogP contribution in [0.1, 0.15) is 5.56 Å². The van der Waals surface area contributed by atoms with E-state index in [9.17, 15) is 4.79 Å². The van der Waals surface area contributed by atoms with Crippen molar-refractivity contribution >= 4 is 11.6 Å². The number of benzene rings is 1. The van der Waals surface area contributed by atoms with Crippen LogP contribution >= 0.6 is 0 Å². The summed E-state index contributed by atoms with van der Waals surface area (Å²) in [7, 11) is 0. The minimum Gasteiger partial charge on any atom is -0.278 e. The number of aryl methyl sites for hydroxylation is 1. The molecular formula is C12H11NO. The Labute approximate surface area is 83.2 Å².